The van der Waals surface area contributed by atoms with Crippen molar-refractivity contribution in [1.82, 2.24) is 28.5 Å². The molecule has 2 aliphatic heterocycles. The molecule has 2 saturated heterocycles. The molecule has 0 amide bonds. The molecule has 1 aromatic carbocycles. The van der Waals surface area contributed by atoms with Gasteiger partial charge in [-0.25, -0.2) is 13.2 Å². The average molecular weight is 604 g/mol. The lowest BCUT2D eigenvalue weighted by atomic mass is 10.2. The van der Waals surface area contributed by atoms with Gasteiger partial charge in [0.2, 0.25) is 5.95 Å². The lowest BCUT2D eigenvalue weighted by Gasteiger charge is -2.36. The largest absolute Gasteiger partial charge is 0.390 e. The maximum Gasteiger partial charge on any atom is 0.332 e. The molecule has 3 aromatic rings. The first kappa shape index (κ1) is 30.4. The number of morpholine rings is 1. The highest BCUT2D eigenvalue weighted by molar-refractivity contribution is 7.91. The predicted octanol–water partition coefficient (Wildman–Crippen LogP) is -0.579. The topological polar surface area (TPSA) is 135 Å². The molecular formula is C28H41N7O6S. The van der Waals surface area contributed by atoms with Crippen LogP contribution in [0.2, 0.25) is 0 Å². The molecule has 14 heteroatoms. The van der Waals surface area contributed by atoms with E-state index in [1.807, 2.05) is 24.0 Å². The minimum Gasteiger partial charge on any atom is -0.390 e. The number of anilines is 1. The van der Waals surface area contributed by atoms with Crippen LogP contribution in [0.1, 0.15) is 12.0 Å². The van der Waals surface area contributed by atoms with Crippen molar-refractivity contribution in [3.63, 3.8) is 0 Å². The van der Waals surface area contributed by atoms with Crippen molar-refractivity contribution in [2.45, 2.75) is 30.9 Å². The van der Waals surface area contributed by atoms with E-state index in [1.54, 1.807) is 23.7 Å². The van der Waals surface area contributed by atoms with Crippen molar-refractivity contribution < 1.29 is 18.3 Å². The predicted molar refractivity (Wildman–Crippen MR) is 160 cm³/mol. The van der Waals surface area contributed by atoms with Crippen LogP contribution < -0.4 is 16.1 Å². The number of rotatable bonds is 10. The van der Waals surface area contributed by atoms with E-state index < -0.39 is 27.2 Å². The molecule has 5 rings (SSSR count). The van der Waals surface area contributed by atoms with Crippen LogP contribution in [0.5, 0.6) is 0 Å². The van der Waals surface area contributed by atoms with E-state index in [0.717, 1.165) is 36.3 Å². The number of hydrogen-bond donors (Lipinski definition) is 1. The zero-order valence-corrected chi connectivity index (χ0v) is 25.4. The first-order chi connectivity index (χ1) is 20.0. The van der Waals surface area contributed by atoms with Gasteiger partial charge in [-0.05, 0) is 32.0 Å². The Hall–Kier alpha value is -3.04. The number of β-amino-alcohol motifs (C(OH)–C–C–N with tert-alkyl or cyclic N) is 1. The molecule has 1 unspecified atom stereocenters. The molecule has 0 aliphatic carbocycles. The van der Waals surface area contributed by atoms with Crippen LogP contribution in [0.4, 0.5) is 5.95 Å². The monoisotopic (exact) mass is 603 g/mol. The highest BCUT2D eigenvalue weighted by atomic mass is 32.2. The van der Waals surface area contributed by atoms with Gasteiger partial charge in [-0.3, -0.25) is 18.8 Å². The Morgan fingerprint density at radius 2 is 1.57 bits per heavy atom. The van der Waals surface area contributed by atoms with Crippen LogP contribution >= 0.6 is 0 Å². The Kier molecular flexibility index (Phi) is 9.18. The summed E-state index contributed by atoms with van der Waals surface area (Å²) < 4.78 is 35.0. The van der Waals surface area contributed by atoms with Crippen molar-refractivity contribution in [1.29, 1.82) is 0 Å². The summed E-state index contributed by atoms with van der Waals surface area (Å²) >= 11 is 0. The van der Waals surface area contributed by atoms with E-state index in [9.17, 15) is 23.1 Å². The molecule has 0 saturated carbocycles. The molecule has 2 aliphatic rings. The maximum absolute atomic E-state index is 13.2. The molecule has 2 aromatic heterocycles. The zero-order chi connectivity index (χ0) is 30.0. The van der Waals surface area contributed by atoms with Crippen molar-refractivity contribution in [2.75, 3.05) is 76.2 Å². The third-order valence-corrected chi connectivity index (χ3v) is 10.0. The van der Waals surface area contributed by atoms with Gasteiger partial charge in [0.1, 0.15) is 0 Å². The number of sulfone groups is 1. The van der Waals surface area contributed by atoms with Gasteiger partial charge in [0.15, 0.2) is 21.0 Å². The number of aromatic nitrogens is 4. The van der Waals surface area contributed by atoms with Gasteiger partial charge in [-0.1, -0.05) is 17.7 Å². The van der Waals surface area contributed by atoms with Gasteiger partial charge in [0, 0.05) is 59.9 Å². The quantitative estimate of drug-likeness (QED) is 0.321. The van der Waals surface area contributed by atoms with Gasteiger partial charge in [-0.15, -0.1) is 0 Å². The zero-order valence-electron chi connectivity index (χ0n) is 24.6. The summed E-state index contributed by atoms with van der Waals surface area (Å²) in [4.78, 5) is 37.3. The van der Waals surface area contributed by atoms with Crippen LogP contribution in [0, 0.1) is 6.92 Å². The Morgan fingerprint density at radius 1 is 0.929 bits per heavy atom. The molecule has 1 N–H and O–H groups in total. The fourth-order valence-electron chi connectivity index (χ4n) is 5.72. The summed E-state index contributed by atoms with van der Waals surface area (Å²) in [5.74, 6) is 0.667. The Labute approximate surface area is 245 Å². The third kappa shape index (κ3) is 6.47. The second kappa shape index (κ2) is 12.7. The number of imidazole rings is 1. The van der Waals surface area contributed by atoms with E-state index in [0.29, 0.717) is 67.8 Å². The molecule has 42 heavy (non-hydrogen) atoms. The summed E-state index contributed by atoms with van der Waals surface area (Å²) in [5, 5.41) is 11.2. The fourth-order valence-corrected chi connectivity index (χ4v) is 7.01. The van der Waals surface area contributed by atoms with Crippen molar-refractivity contribution in [3.05, 3.63) is 50.7 Å². The van der Waals surface area contributed by atoms with Crippen LogP contribution in [0.25, 0.3) is 11.2 Å². The van der Waals surface area contributed by atoms with E-state index in [-0.39, 0.29) is 12.3 Å². The second-order valence-corrected chi connectivity index (χ2v) is 13.4. The average Bonchev–Trinajstić information content (AvgIpc) is 3.35. The van der Waals surface area contributed by atoms with Gasteiger partial charge < -0.3 is 24.2 Å². The van der Waals surface area contributed by atoms with E-state index in [1.165, 1.54) is 11.6 Å². The normalized spacial score (nSPS) is 18.1. The maximum atomic E-state index is 13.2. The SMILES string of the molecule is Cc1ccc(S(=O)(=O)CCCN2CCN(CC(O)Cn3c(N4CCOCC4)nc4c3c(=O)n(C)c(=O)n4C)CC2)cc1. The molecule has 4 heterocycles. The highest BCUT2D eigenvalue weighted by Crippen LogP contribution is 2.22. The molecule has 2 fully saturated rings. The van der Waals surface area contributed by atoms with Gasteiger partial charge in [-0.2, -0.15) is 4.98 Å². The van der Waals surface area contributed by atoms with Crippen LogP contribution in [0.3, 0.4) is 0 Å². The lowest BCUT2D eigenvalue weighted by Crippen LogP contribution is -2.49. The Morgan fingerprint density at radius 3 is 2.24 bits per heavy atom. The van der Waals surface area contributed by atoms with Crippen LogP contribution in [-0.4, -0.2) is 119 Å². The molecular weight excluding hydrogens is 562 g/mol. The first-order valence-corrected chi connectivity index (χ1v) is 16.1. The molecule has 230 valence electrons. The molecule has 0 radical (unpaired) electrons. The number of benzene rings is 1. The van der Waals surface area contributed by atoms with E-state index in [2.05, 4.69) is 14.8 Å². The van der Waals surface area contributed by atoms with E-state index >= 15 is 0 Å². The summed E-state index contributed by atoms with van der Waals surface area (Å²) in [5.41, 5.74) is 0.742. The summed E-state index contributed by atoms with van der Waals surface area (Å²) in [6.45, 7) is 8.55. The summed E-state index contributed by atoms with van der Waals surface area (Å²) in [6.07, 6.45) is -0.204. The minimum absolute atomic E-state index is 0.115. The number of fused-ring (bicyclic) bond motifs is 1. The van der Waals surface area contributed by atoms with E-state index in [4.69, 9.17) is 4.74 Å². The number of piperazine rings is 1. The van der Waals surface area contributed by atoms with Crippen LogP contribution in [-0.2, 0) is 35.2 Å². The minimum atomic E-state index is -3.30. The Bertz CT molecular complexity index is 1620. The van der Waals surface area contributed by atoms with Gasteiger partial charge in [0.05, 0.1) is 36.5 Å². The number of aryl methyl sites for hydroxylation is 2. The first-order valence-electron chi connectivity index (χ1n) is 14.5. The van der Waals surface area contributed by atoms with Crippen LogP contribution in [0.15, 0.2) is 38.8 Å². The number of nitrogens with zero attached hydrogens (tertiary/aromatic N) is 7. The number of aliphatic hydroxyl groups excluding tert-OH is 1. The molecule has 1 atom stereocenters. The van der Waals surface area contributed by atoms with Crippen molar-refractivity contribution in [3.8, 4) is 0 Å². The Balaban J connectivity index is 1.19. The number of ether oxygens (including phenoxy) is 1. The lowest BCUT2D eigenvalue weighted by molar-refractivity contribution is 0.0649. The second-order valence-electron chi connectivity index (χ2n) is 11.3. The molecule has 13 nitrogen and oxygen atoms in total. The number of hydrogen-bond acceptors (Lipinski definition) is 10. The van der Waals surface area contributed by atoms with Crippen molar-refractivity contribution >= 4 is 26.9 Å². The van der Waals surface area contributed by atoms with Gasteiger partial charge >= 0.3 is 5.69 Å². The third-order valence-electron chi connectivity index (χ3n) is 8.22. The molecule has 0 bridgehead atoms. The standard InChI is InChI=1S/C28H41N7O6S/c1-21-5-7-23(8-6-21)42(39,40)18-4-9-32-10-12-33(13-11-32)19-22(36)20-35-24-25(30(2)28(38)31(3)26(24)37)29-27(35)34-14-16-41-17-15-34/h5-8,22,36H,4,9-20H2,1-3H3. The highest BCUT2D eigenvalue weighted by Gasteiger charge is 2.27. The van der Waals surface area contributed by atoms with Gasteiger partial charge in [0.25, 0.3) is 5.56 Å². The fraction of sp³-hybridized carbons (Fsp3) is 0.607. The van der Waals surface area contributed by atoms with Crippen molar-refractivity contribution in [2.24, 2.45) is 14.1 Å². The molecule has 0 spiro atoms. The summed E-state index contributed by atoms with van der Waals surface area (Å²) in [6, 6.07) is 6.98. The smallest absolute Gasteiger partial charge is 0.332 e. The number of aliphatic hydroxyl groups is 1. The summed E-state index contributed by atoms with van der Waals surface area (Å²) in [7, 11) is -0.255.